The van der Waals surface area contributed by atoms with Gasteiger partial charge in [0.2, 0.25) is 5.82 Å². The first-order valence-electron chi connectivity index (χ1n) is 4.99. The van der Waals surface area contributed by atoms with Crippen LogP contribution in [0.4, 0.5) is 0 Å². The average Bonchev–Trinajstić information content (AvgIpc) is 2.65. The Morgan fingerprint density at radius 3 is 2.87 bits per heavy atom. The number of aliphatic hydroxyl groups is 1. The van der Waals surface area contributed by atoms with E-state index in [2.05, 4.69) is 10.1 Å². The summed E-state index contributed by atoms with van der Waals surface area (Å²) < 4.78 is 10.3. The molecule has 3 N–H and O–H groups in total. The van der Waals surface area contributed by atoms with Crippen molar-refractivity contribution in [3.8, 4) is 0 Å². The molecule has 1 atom stereocenters. The zero-order chi connectivity index (χ0) is 10.9. The van der Waals surface area contributed by atoms with Crippen LogP contribution in [0.5, 0.6) is 0 Å². The second-order valence-electron chi connectivity index (χ2n) is 3.76. The van der Waals surface area contributed by atoms with Crippen molar-refractivity contribution in [2.75, 3.05) is 13.7 Å². The molecular weight excluding hydrogens is 198 g/mol. The third kappa shape index (κ3) is 1.64. The molecule has 0 aliphatic heterocycles. The Labute approximate surface area is 87.4 Å². The monoisotopic (exact) mass is 213 g/mol. The van der Waals surface area contributed by atoms with Gasteiger partial charge >= 0.3 is 0 Å². The highest BCUT2D eigenvalue weighted by Crippen LogP contribution is 2.42. The lowest BCUT2D eigenvalue weighted by molar-refractivity contribution is -0.0858. The third-order valence-electron chi connectivity index (χ3n) is 2.91. The van der Waals surface area contributed by atoms with Crippen molar-refractivity contribution in [1.29, 1.82) is 0 Å². The van der Waals surface area contributed by atoms with Gasteiger partial charge in [0.25, 0.3) is 5.89 Å². The first-order chi connectivity index (χ1) is 7.22. The van der Waals surface area contributed by atoms with Crippen molar-refractivity contribution < 1.29 is 14.4 Å². The minimum absolute atomic E-state index is 0.0710. The second kappa shape index (κ2) is 3.88. The molecule has 84 valence electrons. The predicted molar refractivity (Wildman–Crippen MR) is 50.9 cm³/mol. The van der Waals surface area contributed by atoms with Crippen LogP contribution in [0.25, 0.3) is 0 Å². The van der Waals surface area contributed by atoms with Crippen LogP contribution in [-0.4, -0.2) is 28.9 Å². The first-order valence-corrected chi connectivity index (χ1v) is 4.99. The molecular formula is C9H15N3O3. The summed E-state index contributed by atoms with van der Waals surface area (Å²) in [6.45, 7) is 0.0710. The molecule has 6 heteroatoms. The van der Waals surface area contributed by atoms with E-state index in [-0.39, 0.29) is 12.4 Å². The van der Waals surface area contributed by atoms with E-state index in [9.17, 15) is 5.11 Å². The van der Waals surface area contributed by atoms with E-state index in [0.29, 0.717) is 5.82 Å². The number of nitrogens with two attached hydrogens (primary N) is 1. The number of aliphatic hydroxyl groups excluding tert-OH is 1. The van der Waals surface area contributed by atoms with Gasteiger partial charge in [-0.25, -0.2) is 0 Å². The third-order valence-corrected chi connectivity index (χ3v) is 2.91. The maximum atomic E-state index is 9.41. The molecule has 1 aliphatic rings. The van der Waals surface area contributed by atoms with Crippen molar-refractivity contribution in [1.82, 2.24) is 10.1 Å². The second-order valence-corrected chi connectivity index (χ2v) is 3.76. The first kappa shape index (κ1) is 10.5. The topological polar surface area (TPSA) is 94.4 Å². The maximum Gasteiger partial charge on any atom is 0.256 e. The van der Waals surface area contributed by atoms with E-state index in [1.54, 1.807) is 7.11 Å². The van der Waals surface area contributed by atoms with E-state index >= 15 is 0 Å². The van der Waals surface area contributed by atoms with E-state index in [0.717, 1.165) is 19.3 Å². The van der Waals surface area contributed by atoms with Gasteiger partial charge in [-0.2, -0.15) is 4.98 Å². The smallest absolute Gasteiger partial charge is 0.256 e. The van der Waals surface area contributed by atoms with Crippen molar-refractivity contribution in [2.45, 2.75) is 31.0 Å². The van der Waals surface area contributed by atoms with Gasteiger partial charge in [-0.15, -0.1) is 0 Å². The molecule has 0 unspecified atom stereocenters. The van der Waals surface area contributed by atoms with Crippen molar-refractivity contribution >= 4 is 0 Å². The number of rotatable bonds is 4. The van der Waals surface area contributed by atoms with E-state index in [1.165, 1.54) is 0 Å². The highest BCUT2D eigenvalue weighted by molar-refractivity contribution is 5.07. The molecule has 15 heavy (non-hydrogen) atoms. The summed E-state index contributed by atoms with van der Waals surface area (Å²) in [6.07, 6.45) is 1.99. The van der Waals surface area contributed by atoms with Crippen LogP contribution in [0, 0.1) is 0 Å². The minimum Gasteiger partial charge on any atom is -0.382 e. The zero-order valence-electron chi connectivity index (χ0n) is 8.64. The Kier molecular flexibility index (Phi) is 2.72. The fourth-order valence-electron chi connectivity index (χ4n) is 1.67. The van der Waals surface area contributed by atoms with Crippen LogP contribution in [0.15, 0.2) is 4.52 Å². The number of ether oxygens (including phenoxy) is 1. The van der Waals surface area contributed by atoms with E-state index < -0.39 is 11.7 Å². The molecule has 1 heterocycles. The number of nitrogens with zero attached hydrogens (tertiary/aromatic N) is 2. The Morgan fingerprint density at radius 2 is 2.40 bits per heavy atom. The number of hydrogen-bond donors (Lipinski definition) is 2. The summed E-state index contributed by atoms with van der Waals surface area (Å²) in [5.74, 6) is 0.676. The molecule has 0 spiro atoms. The lowest BCUT2D eigenvalue weighted by Gasteiger charge is -2.37. The summed E-state index contributed by atoms with van der Waals surface area (Å²) in [4.78, 5) is 4.11. The van der Waals surface area contributed by atoms with Gasteiger partial charge in [0.05, 0.1) is 0 Å². The van der Waals surface area contributed by atoms with Gasteiger partial charge < -0.3 is 20.1 Å². The van der Waals surface area contributed by atoms with Gasteiger partial charge in [-0.05, 0) is 19.3 Å². The Hall–Kier alpha value is -0.980. The Balaban J connectivity index is 2.19. The molecule has 0 aromatic carbocycles. The van der Waals surface area contributed by atoms with Gasteiger partial charge in [0.15, 0.2) is 0 Å². The summed E-state index contributed by atoms with van der Waals surface area (Å²) in [6, 6.07) is 0. The molecule has 0 amide bonds. The Morgan fingerprint density at radius 1 is 1.67 bits per heavy atom. The lowest BCUT2D eigenvalue weighted by Crippen LogP contribution is -2.37. The Bertz CT molecular complexity index is 330. The van der Waals surface area contributed by atoms with Crippen molar-refractivity contribution in [3.63, 3.8) is 0 Å². The molecule has 1 aromatic rings. The number of aromatic nitrogens is 2. The fourth-order valence-corrected chi connectivity index (χ4v) is 1.67. The summed E-state index contributed by atoms with van der Waals surface area (Å²) in [7, 11) is 1.63. The van der Waals surface area contributed by atoms with Crippen LogP contribution in [-0.2, 0) is 10.3 Å². The summed E-state index contributed by atoms with van der Waals surface area (Å²) in [5, 5.41) is 13.2. The molecule has 1 fully saturated rings. The molecule has 0 radical (unpaired) electrons. The van der Waals surface area contributed by atoms with Crippen molar-refractivity contribution in [2.24, 2.45) is 5.73 Å². The molecule has 6 nitrogen and oxygen atoms in total. The fraction of sp³-hybridized carbons (Fsp3) is 0.778. The predicted octanol–water partition coefficient (Wildman–Crippen LogP) is 0.0873. The van der Waals surface area contributed by atoms with Crippen LogP contribution < -0.4 is 5.73 Å². The number of methoxy groups -OCH3 is 1. The summed E-state index contributed by atoms with van der Waals surface area (Å²) in [5.41, 5.74) is 4.89. The lowest BCUT2D eigenvalue weighted by atomic mass is 9.79. The molecule has 0 saturated heterocycles. The van der Waals surface area contributed by atoms with Crippen LogP contribution >= 0.6 is 0 Å². The number of hydrogen-bond acceptors (Lipinski definition) is 6. The standard InChI is InChI=1S/C9H15N3O3/c1-14-9(3-2-4-9)8-11-7(15-12-8)6(13)5-10/h6,13H,2-5,10H2,1H3/t6-/m0/s1. The van der Waals surface area contributed by atoms with Crippen LogP contribution in [0.2, 0.25) is 0 Å². The molecule has 2 rings (SSSR count). The zero-order valence-corrected chi connectivity index (χ0v) is 8.64. The van der Waals surface area contributed by atoms with Gasteiger partial charge in [-0.3, -0.25) is 0 Å². The maximum absolute atomic E-state index is 9.41. The molecule has 1 aromatic heterocycles. The summed E-state index contributed by atoms with van der Waals surface area (Å²) >= 11 is 0. The molecule has 0 bridgehead atoms. The SMILES string of the molecule is COC1(c2noc([C@@H](O)CN)n2)CCC1. The normalized spacial score (nSPS) is 21.0. The highest BCUT2D eigenvalue weighted by Gasteiger charge is 2.43. The van der Waals surface area contributed by atoms with E-state index in [4.69, 9.17) is 15.0 Å². The van der Waals surface area contributed by atoms with Gasteiger partial charge in [0, 0.05) is 13.7 Å². The molecule has 1 saturated carbocycles. The largest absolute Gasteiger partial charge is 0.382 e. The van der Waals surface area contributed by atoms with Gasteiger partial charge in [-0.1, -0.05) is 5.16 Å². The van der Waals surface area contributed by atoms with Crippen LogP contribution in [0.3, 0.4) is 0 Å². The average molecular weight is 213 g/mol. The van der Waals surface area contributed by atoms with Gasteiger partial charge in [0.1, 0.15) is 11.7 Å². The minimum atomic E-state index is -0.889. The van der Waals surface area contributed by atoms with Crippen LogP contribution in [0.1, 0.15) is 37.1 Å². The molecule has 1 aliphatic carbocycles. The van der Waals surface area contributed by atoms with E-state index in [1.807, 2.05) is 0 Å². The quantitative estimate of drug-likeness (QED) is 0.736. The highest BCUT2D eigenvalue weighted by atomic mass is 16.5. The van der Waals surface area contributed by atoms with Crippen molar-refractivity contribution in [3.05, 3.63) is 11.7 Å².